The number of benzene rings is 1. The van der Waals surface area contributed by atoms with E-state index in [2.05, 4.69) is 23.0 Å². The summed E-state index contributed by atoms with van der Waals surface area (Å²) >= 11 is 3.31. The highest BCUT2D eigenvalue weighted by Crippen LogP contribution is 2.29. The molecule has 0 aromatic heterocycles. The standard InChI is InChI=1S/C12H17BrN2O3S/c1-14-5-7-15(8-6-14)19(16,17)12-9-10(13)3-4-11(12)18-2/h3-4,9H,5-8H2,1-2H3/p+1. The monoisotopic (exact) mass is 349 g/mol. The van der Waals surface area contributed by atoms with Crippen LogP contribution in [-0.2, 0) is 10.0 Å². The molecular weight excluding hydrogens is 332 g/mol. The van der Waals surface area contributed by atoms with Crippen molar-refractivity contribution in [3.8, 4) is 5.75 Å². The van der Waals surface area contributed by atoms with E-state index >= 15 is 0 Å². The first-order valence-electron chi connectivity index (χ1n) is 6.10. The van der Waals surface area contributed by atoms with Gasteiger partial charge in [-0.1, -0.05) is 15.9 Å². The third kappa shape index (κ3) is 3.10. The first kappa shape index (κ1) is 14.8. The molecule has 0 spiro atoms. The van der Waals surface area contributed by atoms with Gasteiger partial charge in [-0.05, 0) is 18.2 Å². The Balaban J connectivity index is 2.36. The summed E-state index contributed by atoms with van der Waals surface area (Å²) in [5.41, 5.74) is 0. The second kappa shape index (κ2) is 5.78. The Morgan fingerprint density at radius 1 is 1.32 bits per heavy atom. The van der Waals surface area contributed by atoms with Crippen LogP contribution in [0.25, 0.3) is 0 Å². The Morgan fingerprint density at radius 2 is 1.95 bits per heavy atom. The maximum Gasteiger partial charge on any atom is 0.247 e. The summed E-state index contributed by atoms with van der Waals surface area (Å²) in [5.74, 6) is 0.384. The lowest BCUT2D eigenvalue weighted by molar-refractivity contribution is -0.883. The van der Waals surface area contributed by atoms with E-state index in [4.69, 9.17) is 4.74 Å². The topological polar surface area (TPSA) is 51.1 Å². The van der Waals surface area contributed by atoms with Gasteiger partial charge in [0.25, 0.3) is 0 Å². The van der Waals surface area contributed by atoms with E-state index in [-0.39, 0.29) is 4.90 Å². The quantitative estimate of drug-likeness (QED) is 0.834. The Kier molecular flexibility index (Phi) is 4.50. The van der Waals surface area contributed by atoms with Crippen molar-refractivity contribution in [2.75, 3.05) is 40.3 Å². The summed E-state index contributed by atoms with van der Waals surface area (Å²) in [7, 11) is 0.0699. The van der Waals surface area contributed by atoms with Gasteiger partial charge in [-0.25, -0.2) is 8.42 Å². The molecule has 106 valence electrons. The number of nitrogens with zero attached hydrogens (tertiary/aromatic N) is 1. The first-order chi connectivity index (χ1) is 8.95. The number of nitrogens with one attached hydrogen (secondary N) is 1. The zero-order chi connectivity index (χ0) is 14.0. The van der Waals surface area contributed by atoms with Crippen LogP contribution in [0.2, 0.25) is 0 Å². The van der Waals surface area contributed by atoms with Crippen molar-refractivity contribution < 1.29 is 18.1 Å². The van der Waals surface area contributed by atoms with Crippen molar-refractivity contribution >= 4 is 26.0 Å². The molecule has 0 aliphatic carbocycles. The number of hydrogen-bond acceptors (Lipinski definition) is 3. The van der Waals surface area contributed by atoms with Gasteiger partial charge in [0.05, 0.1) is 40.3 Å². The molecule has 0 bridgehead atoms. The van der Waals surface area contributed by atoms with Gasteiger partial charge in [0.1, 0.15) is 10.6 Å². The van der Waals surface area contributed by atoms with Crippen molar-refractivity contribution in [3.63, 3.8) is 0 Å². The van der Waals surface area contributed by atoms with Gasteiger partial charge < -0.3 is 9.64 Å². The summed E-state index contributed by atoms with van der Waals surface area (Å²) in [6, 6.07) is 5.03. The molecule has 7 heteroatoms. The number of sulfonamides is 1. The number of piperazine rings is 1. The summed E-state index contributed by atoms with van der Waals surface area (Å²) in [4.78, 5) is 1.58. The van der Waals surface area contributed by atoms with Crippen molar-refractivity contribution in [1.29, 1.82) is 0 Å². The number of likely N-dealkylation sites (N-methyl/N-ethyl adjacent to an activating group) is 1. The molecule has 1 aromatic rings. The molecule has 1 N–H and O–H groups in total. The SMILES string of the molecule is COc1ccc(Br)cc1S(=O)(=O)N1CC[NH+](C)CC1. The van der Waals surface area contributed by atoms with Gasteiger partial charge in [0.15, 0.2) is 0 Å². The van der Waals surface area contributed by atoms with E-state index in [1.807, 2.05) is 0 Å². The van der Waals surface area contributed by atoms with E-state index < -0.39 is 10.0 Å². The molecule has 19 heavy (non-hydrogen) atoms. The maximum atomic E-state index is 12.6. The van der Waals surface area contributed by atoms with E-state index in [1.165, 1.54) is 16.3 Å². The highest BCUT2D eigenvalue weighted by molar-refractivity contribution is 9.10. The van der Waals surface area contributed by atoms with Gasteiger partial charge in [-0.3, -0.25) is 0 Å². The smallest absolute Gasteiger partial charge is 0.247 e. The second-order valence-corrected chi connectivity index (χ2v) is 7.48. The second-order valence-electron chi connectivity index (χ2n) is 4.66. The van der Waals surface area contributed by atoms with Gasteiger partial charge in [0, 0.05) is 4.47 Å². The average molecular weight is 350 g/mol. The van der Waals surface area contributed by atoms with Gasteiger partial charge >= 0.3 is 0 Å². The lowest BCUT2D eigenvalue weighted by Gasteiger charge is -2.29. The van der Waals surface area contributed by atoms with Gasteiger partial charge in [-0.15, -0.1) is 0 Å². The molecule has 5 nitrogen and oxygen atoms in total. The van der Waals surface area contributed by atoms with E-state index in [0.29, 0.717) is 18.8 Å². The molecule has 1 aliphatic heterocycles. The highest BCUT2D eigenvalue weighted by Gasteiger charge is 2.31. The van der Waals surface area contributed by atoms with E-state index in [0.717, 1.165) is 17.6 Å². The summed E-state index contributed by atoms with van der Waals surface area (Å²) in [5, 5.41) is 0. The van der Waals surface area contributed by atoms with Crippen LogP contribution in [0.5, 0.6) is 5.75 Å². The normalized spacial score (nSPS) is 18.5. The number of ether oxygens (including phenoxy) is 1. The molecule has 0 radical (unpaired) electrons. The van der Waals surface area contributed by atoms with Crippen molar-refractivity contribution in [1.82, 2.24) is 4.31 Å². The van der Waals surface area contributed by atoms with Crippen LogP contribution < -0.4 is 9.64 Å². The summed E-state index contributed by atoms with van der Waals surface area (Å²) < 4.78 is 32.7. The third-order valence-electron chi connectivity index (χ3n) is 3.32. The molecular formula is C12H18BrN2O3S+. The minimum Gasteiger partial charge on any atom is -0.495 e. The van der Waals surface area contributed by atoms with Crippen LogP contribution in [0.15, 0.2) is 27.6 Å². The Morgan fingerprint density at radius 3 is 2.53 bits per heavy atom. The molecule has 0 atom stereocenters. The largest absolute Gasteiger partial charge is 0.495 e. The predicted molar refractivity (Wildman–Crippen MR) is 76.1 cm³/mol. The van der Waals surface area contributed by atoms with E-state index in [9.17, 15) is 8.42 Å². The number of methoxy groups -OCH3 is 1. The molecule has 0 saturated carbocycles. The Hall–Kier alpha value is -0.630. The third-order valence-corrected chi connectivity index (χ3v) is 5.73. The number of quaternary nitrogens is 1. The zero-order valence-corrected chi connectivity index (χ0v) is 13.4. The zero-order valence-electron chi connectivity index (χ0n) is 11.0. The molecule has 1 aliphatic rings. The molecule has 1 aromatic carbocycles. The highest BCUT2D eigenvalue weighted by atomic mass is 79.9. The average Bonchev–Trinajstić information content (AvgIpc) is 2.39. The van der Waals surface area contributed by atoms with Crippen LogP contribution in [-0.4, -0.2) is 53.1 Å². The minimum atomic E-state index is -3.49. The number of rotatable bonds is 3. The Bertz CT molecular complexity index is 554. The van der Waals surface area contributed by atoms with Crippen LogP contribution in [0, 0.1) is 0 Å². The summed E-state index contributed by atoms with van der Waals surface area (Å²) in [6.45, 7) is 2.75. The van der Waals surface area contributed by atoms with Crippen molar-refractivity contribution in [3.05, 3.63) is 22.7 Å². The van der Waals surface area contributed by atoms with Crippen molar-refractivity contribution in [2.45, 2.75) is 4.90 Å². The fraction of sp³-hybridized carbons (Fsp3) is 0.500. The molecule has 0 unspecified atom stereocenters. The maximum absolute atomic E-state index is 12.6. The summed E-state index contributed by atoms with van der Waals surface area (Å²) in [6.07, 6.45) is 0. The minimum absolute atomic E-state index is 0.226. The van der Waals surface area contributed by atoms with Crippen LogP contribution in [0.1, 0.15) is 0 Å². The molecule has 2 rings (SSSR count). The molecule has 1 saturated heterocycles. The molecule has 1 fully saturated rings. The first-order valence-corrected chi connectivity index (χ1v) is 8.33. The van der Waals surface area contributed by atoms with E-state index in [1.54, 1.807) is 18.2 Å². The van der Waals surface area contributed by atoms with Crippen LogP contribution in [0.3, 0.4) is 0 Å². The molecule has 0 amide bonds. The number of hydrogen-bond donors (Lipinski definition) is 1. The van der Waals surface area contributed by atoms with Crippen LogP contribution in [0.4, 0.5) is 0 Å². The van der Waals surface area contributed by atoms with Gasteiger partial charge in [0.2, 0.25) is 10.0 Å². The van der Waals surface area contributed by atoms with Crippen LogP contribution >= 0.6 is 15.9 Å². The fourth-order valence-electron chi connectivity index (χ4n) is 2.10. The number of halogens is 1. The lowest BCUT2D eigenvalue weighted by Crippen LogP contribution is -3.12. The lowest BCUT2D eigenvalue weighted by atomic mass is 10.3. The fourth-order valence-corrected chi connectivity index (χ4v) is 4.24. The van der Waals surface area contributed by atoms with Gasteiger partial charge in [-0.2, -0.15) is 4.31 Å². The Labute approximate surface area is 122 Å². The predicted octanol–water partition coefficient (Wildman–Crippen LogP) is -0.0233. The molecule has 1 heterocycles. The van der Waals surface area contributed by atoms with Crippen molar-refractivity contribution in [2.24, 2.45) is 0 Å².